The van der Waals surface area contributed by atoms with Gasteiger partial charge < -0.3 is 10.1 Å². The Morgan fingerprint density at radius 1 is 1.00 bits per heavy atom. The van der Waals surface area contributed by atoms with Gasteiger partial charge in [0, 0.05) is 12.6 Å². The third-order valence-corrected chi connectivity index (χ3v) is 5.83. The highest BCUT2D eigenvalue weighted by Gasteiger charge is 2.40. The van der Waals surface area contributed by atoms with Gasteiger partial charge in [-0.1, -0.05) is 30.3 Å². The summed E-state index contributed by atoms with van der Waals surface area (Å²) in [6, 6.07) is 17.4. The fourth-order valence-electron chi connectivity index (χ4n) is 4.28. The van der Waals surface area contributed by atoms with E-state index in [1.807, 2.05) is 13.0 Å². The molecule has 2 fully saturated rings. The van der Waals surface area contributed by atoms with Gasteiger partial charge in [-0.3, -0.25) is 14.5 Å². The van der Waals surface area contributed by atoms with Gasteiger partial charge in [0.05, 0.1) is 24.8 Å². The molecule has 1 N–H and O–H groups in total. The van der Waals surface area contributed by atoms with Gasteiger partial charge in [-0.25, -0.2) is 4.90 Å². The molecule has 158 valence electrons. The fourth-order valence-corrected chi connectivity index (χ4v) is 4.28. The summed E-state index contributed by atoms with van der Waals surface area (Å²) in [7, 11) is 0. The molecule has 30 heavy (non-hydrogen) atoms. The lowest BCUT2D eigenvalue weighted by Gasteiger charge is -2.33. The van der Waals surface area contributed by atoms with Crippen LogP contribution in [-0.2, 0) is 16.1 Å². The topological polar surface area (TPSA) is 61.9 Å². The van der Waals surface area contributed by atoms with Gasteiger partial charge in [-0.2, -0.15) is 0 Å². The number of ether oxygens (including phenoxy) is 1. The summed E-state index contributed by atoms with van der Waals surface area (Å²) in [4.78, 5) is 29.2. The zero-order valence-electron chi connectivity index (χ0n) is 17.4. The second-order valence-electron chi connectivity index (χ2n) is 7.95. The Balaban J connectivity index is 1.30. The van der Waals surface area contributed by atoms with Crippen molar-refractivity contribution in [2.75, 3.05) is 24.6 Å². The monoisotopic (exact) mass is 407 g/mol. The van der Waals surface area contributed by atoms with Gasteiger partial charge in [0.15, 0.2) is 0 Å². The van der Waals surface area contributed by atoms with Gasteiger partial charge >= 0.3 is 0 Å². The molecule has 0 saturated carbocycles. The summed E-state index contributed by atoms with van der Waals surface area (Å²) in [5.41, 5.74) is 1.93. The molecule has 0 unspecified atom stereocenters. The largest absolute Gasteiger partial charge is 0.494 e. The van der Waals surface area contributed by atoms with Gasteiger partial charge in [-0.05, 0) is 62.7 Å². The lowest BCUT2D eigenvalue weighted by atomic mass is 10.0. The number of carbonyl (C=O) groups excluding carboxylic acids is 2. The van der Waals surface area contributed by atoms with E-state index in [0.717, 1.165) is 38.2 Å². The van der Waals surface area contributed by atoms with E-state index in [0.29, 0.717) is 12.3 Å². The molecule has 0 bridgehead atoms. The highest BCUT2D eigenvalue weighted by Crippen LogP contribution is 2.26. The van der Waals surface area contributed by atoms with Gasteiger partial charge in [0.1, 0.15) is 5.75 Å². The summed E-state index contributed by atoms with van der Waals surface area (Å²) >= 11 is 0. The molecule has 0 aliphatic carbocycles. The van der Waals surface area contributed by atoms with Crippen molar-refractivity contribution in [2.24, 2.45) is 0 Å². The first-order valence-electron chi connectivity index (χ1n) is 10.8. The smallest absolute Gasteiger partial charge is 0.251 e. The maximum absolute atomic E-state index is 12.9. The summed E-state index contributed by atoms with van der Waals surface area (Å²) in [6.07, 6.45) is 2.18. The third kappa shape index (κ3) is 4.71. The molecule has 1 atom stereocenters. The van der Waals surface area contributed by atoms with Crippen molar-refractivity contribution >= 4 is 17.5 Å². The van der Waals surface area contributed by atoms with Crippen LogP contribution in [0.2, 0.25) is 0 Å². The Kier molecular flexibility index (Phi) is 6.45. The second-order valence-corrected chi connectivity index (χ2v) is 7.95. The SMILES string of the molecule is CCOc1ccc(N2C(=O)C[C@@H](NC3CCN(Cc4ccccc4)CC3)C2=O)cc1. The van der Waals surface area contributed by atoms with Crippen molar-refractivity contribution in [3.8, 4) is 5.75 Å². The van der Waals surface area contributed by atoms with E-state index in [4.69, 9.17) is 4.74 Å². The lowest BCUT2D eigenvalue weighted by molar-refractivity contribution is -0.121. The molecule has 6 nitrogen and oxygen atoms in total. The first kappa shape index (κ1) is 20.6. The molecule has 2 aliphatic heterocycles. The van der Waals surface area contributed by atoms with Crippen LogP contribution in [0.5, 0.6) is 5.75 Å². The number of nitrogens with one attached hydrogen (secondary N) is 1. The number of likely N-dealkylation sites (tertiary alicyclic amines) is 1. The van der Waals surface area contributed by atoms with Crippen LogP contribution in [0.15, 0.2) is 54.6 Å². The van der Waals surface area contributed by atoms with Crippen molar-refractivity contribution in [1.82, 2.24) is 10.2 Å². The Bertz CT molecular complexity index is 861. The molecule has 0 radical (unpaired) electrons. The standard InChI is InChI=1S/C24H29N3O3/c1-2-30-21-10-8-20(9-11-21)27-23(28)16-22(24(27)29)25-19-12-14-26(15-13-19)17-18-6-4-3-5-7-18/h3-11,19,22,25H,2,12-17H2,1H3/t22-/m1/s1. The zero-order valence-corrected chi connectivity index (χ0v) is 17.4. The van der Waals surface area contributed by atoms with Gasteiger partial charge in [-0.15, -0.1) is 0 Å². The second kappa shape index (κ2) is 9.41. The fraction of sp³-hybridized carbons (Fsp3) is 0.417. The first-order chi connectivity index (χ1) is 14.6. The van der Waals surface area contributed by atoms with E-state index in [2.05, 4.69) is 34.5 Å². The van der Waals surface area contributed by atoms with E-state index in [-0.39, 0.29) is 24.3 Å². The van der Waals surface area contributed by atoms with Crippen LogP contribution in [0.1, 0.15) is 31.7 Å². The number of imide groups is 1. The van der Waals surface area contributed by atoms with Crippen LogP contribution in [-0.4, -0.2) is 48.5 Å². The van der Waals surface area contributed by atoms with Crippen molar-refractivity contribution in [1.29, 1.82) is 0 Å². The van der Waals surface area contributed by atoms with Crippen LogP contribution in [0.3, 0.4) is 0 Å². The van der Waals surface area contributed by atoms with E-state index in [1.54, 1.807) is 24.3 Å². The lowest BCUT2D eigenvalue weighted by Crippen LogP contribution is -2.48. The molecule has 6 heteroatoms. The summed E-state index contributed by atoms with van der Waals surface area (Å²) in [5.74, 6) is 0.427. The number of hydrogen-bond acceptors (Lipinski definition) is 5. The minimum atomic E-state index is -0.435. The Hall–Kier alpha value is -2.70. The van der Waals surface area contributed by atoms with Crippen LogP contribution in [0.25, 0.3) is 0 Å². The Morgan fingerprint density at radius 2 is 1.70 bits per heavy atom. The molecule has 2 saturated heterocycles. The van der Waals surface area contributed by atoms with Crippen molar-refractivity contribution in [3.63, 3.8) is 0 Å². The molecule has 2 aromatic rings. The zero-order chi connectivity index (χ0) is 20.9. The molecule has 0 spiro atoms. The number of rotatable bonds is 7. The van der Waals surface area contributed by atoms with Crippen LogP contribution in [0, 0.1) is 0 Å². The number of amides is 2. The van der Waals surface area contributed by atoms with Crippen molar-refractivity contribution < 1.29 is 14.3 Å². The maximum atomic E-state index is 12.9. The van der Waals surface area contributed by atoms with E-state index in [9.17, 15) is 9.59 Å². The van der Waals surface area contributed by atoms with Crippen LogP contribution < -0.4 is 15.0 Å². The molecule has 2 amide bonds. The Labute approximate surface area is 177 Å². The van der Waals surface area contributed by atoms with Crippen molar-refractivity contribution in [2.45, 2.75) is 44.8 Å². The molecule has 4 rings (SSSR count). The van der Waals surface area contributed by atoms with Gasteiger partial charge in [0.25, 0.3) is 5.91 Å². The molecular weight excluding hydrogens is 378 g/mol. The minimum Gasteiger partial charge on any atom is -0.494 e. The molecule has 2 aromatic carbocycles. The number of nitrogens with zero attached hydrogens (tertiary/aromatic N) is 2. The number of carbonyl (C=O) groups is 2. The predicted molar refractivity (Wildman–Crippen MR) is 116 cm³/mol. The normalized spacial score (nSPS) is 20.7. The number of anilines is 1. The molecule has 2 aliphatic rings. The molecule has 2 heterocycles. The van der Waals surface area contributed by atoms with Gasteiger partial charge in [0.2, 0.25) is 5.91 Å². The summed E-state index contributed by atoms with van der Waals surface area (Å²) in [5, 5.41) is 3.45. The first-order valence-corrected chi connectivity index (χ1v) is 10.8. The van der Waals surface area contributed by atoms with Crippen LogP contribution in [0.4, 0.5) is 5.69 Å². The van der Waals surface area contributed by atoms with E-state index in [1.165, 1.54) is 10.5 Å². The highest BCUT2D eigenvalue weighted by atomic mass is 16.5. The van der Waals surface area contributed by atoms with E-state index < -0.39 is 6.04 Å². The maximum Gasteiger partial charge on any atom is 0.251 e. The molecular formula is C24H29N3O3. The highest BCUT2D eigenvalue weighted by molar-refractivity contribution is 6.22. The average Bonchev–Trinajstić information content (AvgIpc) is 3.04. The minimum absolute atomic E-state index is 0.150. The van der Waals surface area contributed by atoms with E-state index >= 15 is 0 Å². The number of piperidine rings is 1. The summed E-state index contributed by atoms with van der Waals surface area (Å²) < 4.78 is 5.44. The summed E-state index contributed by atoms with van der Waals surface area (Å²) in [6.45, 7) is 5.44. The predicted octanol–water partition coefficient (Wildman–Crippen LogP) is 2.97. The quantitative estimate of drug-likeness (QED) is 0.715. The third-order valence-electron chi connectivity index (χ3n) is 5.83. The van der Waals surface area contributed by atoms with Crippen molar-refractivity contribution in [3.05, 3.63) is 60.2 Å². The molecule has 0 aromatic heterocycles. The number of benzene rings is 2. The average molecular weight is 408 g/mol. The Morgan fingerprint density at radius 3 is 2.37 bits per heavy atom. The number of hydrogen-bond donors (Lipinski definition) is 1. The van der Waals surface area contributed by atoms with Crippen LogP contribution >= 0.6 is 0 Å².